The largest absolute Gasteiger partial charge is 0.397 e. The average molecular weight is 722 g/mol. The zero-order valence-corrected chi connectivity index (χ0v) is 29.6. The van der Waals surface area contributed by atoms with E-state index in [0.717, 1.165) is 34.4 Å². The number of hydrogen-bond donors (Lipinski definition) is 4. The molecule has 5 N–H and O–H groups in total. The fourth-order valence-corrected chi connectivity index (χ4v) is 6.75. The van der Waals surface area contributed by atoms with Crippen molar-refractivity contribution in [2.24, 2.45) is 0 Å². The van der Waals surface area contributed by atoms with Gasteiger partial charge in [-0.15, -0.1) is 5.10 Å². The molecule has 1 saturated heterocycles. The van der Waals surface area contributed by atoms with E-state index >= 15 is 0 Å². The van der Waals surface area contributed by atoms with Gasteiger partial charge in [0, 0.05) is 37.1 Å². The Hall–Kier alpha value is -5.08. The summed E-state index contributed by atoms with van der Waals surface area (Å²) in [5.74, 6) is 0.495. The van der Waals surface area contributed by atoms with Gasteiger partial charge in [-0.2, -0.15) is 4.68 Å². The number of aliphatic hydroxyl groups is 1. The summed E-state index contributed by atoms with van der Waals surface area (Å²) < 4.78 is 14.7. The number of aliphatic hydroxyl groups excluding tert-OH is 1. The number of benzene rings is 4. The molecule has 2 heterocycles. The van der Waals surface area contributed by atoms with E-state index in [1.54, 1.807) is 16.8 Å². The van der Waals surface area contributed by atoms with Gasteiger partial charge in [0.25, 0.3) is 0 Å². The van der Waals surface area contributed by atoms with Crippen LogP contribution in [0.2, 0.25) is 0 Å². The highest BCUT2D eigenvalue weighted by atomic mass is 32.2. The molecule has 270 valence electrons. The lowest BCUT2D eigenvalue weighted by Crippen LogP contribution is -2.31. The highest BCUT2D eigenvalue weighted by Crippen LogP contribution is 2.39. The molecule has 6 rings (SSSR count). The second-order valence-corrected chi connectivity index (χ2v) is 13.6. The Bertz CT molecular complexity index is 1890. The number of nitrogens with zero attached hydrogens (tertiary/aromatic N) is 4. The minimum absolute atomic E-state index is 0.0219. The van der Waals surface area contributed by atoms with E-state index in [1.807, 2.05) is 91.0 Å². The van der Waals surface area contributed by atoms with Crippen molar-refractivity contribution in [3.63, 3.8) is 0 Å². The third-order valence-electron chi connectivity index (χ3n) is 8.74. The van der Waals surface area contributed by atoms with Crippen molar-refractivity contribution in [1.82, 2.24) is 25.5 Å². The lowest BCUT2D eigenvalue weighted by atomic mass is 10.0. The fraction of sp³-hybridized carbons (Fsp3) is 0.308. The normalized spacial score (nSPS) is 17.1. The summed E-state index contributed by atoms with van der Waals surface area (Å²) in [5.41, 5.74) is 11.6. The number of nitrogen functional groups attached to an aromatic ring is 1. The van der Waals surface area contributed by atoms with Crippen LogP contribution in [-0.4, -0.2) is 49.0 Å². The number of rotatable bonds is 16. The van der Waals surface area contributed by atoms with Gasteiger partial charge in [0.2, 0.25) is 17.0 Å². The van der Waals surface area contributed by atoms with E-state index in [4.69, 9.17) is 15.2 Å². The number of unbranched alkanes of at least 4 members (excludes halogenated alkanes) is 2. The second kappa shape index (κ2) is 18.4. The zero-order valence-electron chi connectivity index (χ0n) is 28.8. The number of anilines is 2. The van der Waals surface area contributed by atoms with E-state index in [-0.39, 0.29) is 30.6 Å². The molecular formula is C39H43N7O5S. The Balaban J connectivity index is 0.994. The molecule has 0 saturated carbocycles. The van der Waals surface area contributed by atoms with Crippen LogP contribution < -0.4 is 16.4 Å². The molecule has 3 unspecified atom stereocenters. The molecule has 13 heteroatoms. The molecule has 2 amide bonds. The molecule has 3 atom stereocenters. The molecule has 0 radical (unpaired) electrons. The van der Waals surface area contributed by atoms with E-state index in [9.17, 15) is 14.7 Å². The van der Waals surface area contributed by atoms with Crippen molar-refractivity contribution >= 4 is 35.0 Å². The predicted molar refractivity (Wildman–Crippen MR) is 199 cm³/mol. The molecule has 4 aromatic carbocycles. The molecule has 1 fully saturated rings. The number of para-hydroxylation sites is 3. The Morgan fingerprint density at radius 2 is 1.52 bits per heavy atom. The lowest BCUT2D eigenvalue weighted by Gasteiger charge is -2.36. The topological polar surface area (TPSA) is 167 Å². The second-order valence-electron chi connectivity index (χ2n) is 12.6. The summed E-state index contributed by atoms with van der Waals surface area (Å²) in [6.07, 6.45) is 2.58. The Morgan fingerprint density at radius 1 is 0.827 bits per heavy atom. The number of nitrogens with two attached hydrogens (primary N) is 1. The van der Waals surface area contributed by atoms with Gasteiger partial charge in [0.1, 0.15) is 0 Å². The highest BCUT2D eigenvalue weighted by molar-refractivity contribution is 7.99. The molecule has 0 bridgehead atoms. The van der Waals surface area contributed by atoms with Crippen LogP contribution in [-0.2, 0) is 32.2 Å². The third kappa shape index (κ3) is 10.3. The number of carbonyl (C=O) groups excluding carboxylic acids is 2. The number of ether oxygens (including phenoxy) is 2. The maximum absolute atomic E-state index is 12.5. The maximum atomic E-state index is 12.5. The van der Waals surface area contributed by atoms with Crippen molar-refractivity contribution in [3.8, 4) is 5.69 Å². The van der Waals surface area contributed by atoms with E-state index in [0.29, 0.717) is 60.9 Å². The van der Waals surface area contributed by atoms with Crippen molar-refractivity contribution < 1.29 is 24.2 Å². The molecule has 1 aliphatic heterocycles. The molecule has 0 spiro atoms. The van der Waals surface area contributed by atoms with Gasteiger partial charge < -0.3 is 30.9 Å². The summed E-state index contributed by atoms with van der Waals surface area (Å²) in [6, 6.07) is 32.6. The molecule has 1 aliphatic rings. The number of tetrazole rings is 1. The Morgan fingerprint density at radius 3 is 2.27 bits per heavy atom. The standard InChI is InChI=1S/C39H43N7O5S/c40-33-11-7-8-12-34(33)42-37(49)14-6-2-5-13-36(48)41-24-27-15-21-30(22-16-27)38-50-32(23-35(51-38)29-19-17-28(25-47)18-20-29)26-52-39-43-44-45-46(39)31-9-3-1-4-10-31/h1,3-4,7-12,15-22,32,35,38,47H,2,5-6,13-14,23-26,40H2,(H,41,48)(H,42,49). The zero-order chi connectivity index (χ0) is 36.1. The van der Waals surface area contributed by atoms with E-state index in [1.165, 1.54) is 11.8 Å². The molecule has 1 aromatic heterocycles. The Labute approximate surface area is 307 Å². The van der Waals surface area contributed by atoms with Crippen molar-refractivity contribution in [2.45, 2.75) is 75.3 Å². The molecular weight excluding hydrogens is 679 g/mol. The number of hydrogen-bond acceptors (Lipinski definition) is 10. The van der Waals surface area contributed by atoms with Crippen LogP contribution in [0.3, 0.4) is 0 Å². The molecule has 52 heavy (non-hydrogen) atoms. The summed E-state index contributed by atoms with van der Waals surface area (Å²) in [5, 5.41) is 28.3. The quantitative estimate of drug-likeness (QED) is 0.0518. The first-order valence-electron chi connectivity index (χ1n) is 17.4. The van der Waals surface area contributed by atoms with Crippen LogP contribution >= 0.6 is 11.8 Å². The van der Waals surface area contributed by atoms with E-state index in [2.05, 4.69) is 26.2 Å². The van der Waals surface area contributed by atoms with Crippen LogP contribution in [0.1, 0.15) is 73.2 Å². The minimum atomic E-state index is -0.609. The Kier molecular flexibility index (Phi) is 13.0. The predicted octanol–water partition coefficient (Wildman–Crippen LogP) is 6.28. The first kappa shape index (κ1) is 36.7. The molecule has 0 aliphatic carbocycles. The van der Waals surface area contributed by atoms with Gasteiger partial charge in [-0.1, -0.05) is 97.0 Å². The first-order chi connectivity index (χ1) is 25.4. The third-order valence-corrected chi connectivity index (χ3v) is 9.79. The van der Waals surface area contributed by atoms with Crippen LogP contribution in [0.5, 0.6) is 0 Å². The fourth-order valence-electron chi connectivity index (χ4n) is 5.84. The summed E-state index contributed by atoms with van der Waals surface area (Å²) in [7, 11) is 0. The maximum Gasteiger partial charge on any atom is 0.224 e. The van der Waals surface area contributed by atoms with Gasteiger partial charge >= 0.3 is 0 Å². The first-order valence-corrected chi connectivity index (χ1v) is 18.4. The molecule has 12 nitrogen and oxygen atoms in total. The van der Waals surface area contributed by atoms with Gasteiger partial charge in [-0.25, -0.2) is 0 Å². The number of amides is 2. The SMILES string of the molecule is Nc1ccccc1NC(=O)CCCCCC(=O)NCc1ccc(C2OC(CSc3nnnn3-c3ccccc3)CC(c3ccc(CO)cc3)O2)cc1. The van der Waals surface area contributed by atoms with Gasteiger partial charge in [0.05, 0.1) is 35.9 Å². The van der Waals surface area contributed by atoms with Gasteiger partial charge in [-0.05, 0) is 64.2 Å². The monoisotopic (exact) mass is 721 g/mol. The number of nitrogens with one attached hydrogen (secondary N) is 2. The van der Waals surface area contributed by atoms with Crippen LogP contribution in [0, 0.1) is 0 Å². The van der Waals surface area contributed by atoms with Crippen molar-refractivity contribution in [1.29, 1.82) is 0 Å². The molecule has 5 aromatic rings. The smallest absolute Gasteiger partial charge is 0.224 e. The van der Waals surface area contributed by atoms with Crippen molar-refractivity contribution in [2.75, 3.05) is 16.8 Å². The average Bonchev–Trinajstić information content (AvgIpc) is 3.66. The summed E-state index contributed by atoms with van der Waals surface area (Å²) in [4.78, 5) is 24.7. The van der Waals surface area contributed by atoms with Gasteiger partial charge in [-0.3, -0.25) is 9.59 Å². The number of carbonyl (C=O) groups is 2. The number of thioether (sulfide) groups is 1. The minimum Gasteiger partial charge on any atom is -0.397 e. The highest BCUT2D eigenvalue weighted by Gasteiger charge is 2.32. The summed E-state index contributed by atoms with van der Waals surface area (Å²) in [6.45, 7) is 0.383. The van der Waals surface area contributed by atoms with Crippen LogP contribution in [0.4, 0.5) is 11.4 Å². The van der Waals surface area contributed by atoms with Gasteiger partial charge in [0.15, 0.2) is 6.29 Å². The number of aromatic nitrogens is 4. The van der Waals surface area contributed by atoms with E-state index < -0.39 is 6.29 Å². The van der Waals surface area contributed by atoms with Crippen LogP contribution in [0.25, 0.3) is 5.69 Å². The van der Waals surface area contributed by atoms with Crippen molar-refractivity contribution in [3.05, 3.63) is 125 Å². The van der Waals surface area contributed by atoms with Crippen LogP contribution in [0.15, 0.2) is 108 Å². The summed E-state index contributed by atoms with van der Waals surface area (Å²) >= 11 is 1.53. The lowest BCUT2D eigenvalue weighted by molar-refractivity contribution is -0.245.